The Morgan fingerprint density at radius 2 is 1.84 bits per heavy atom. The molecule has 38 heavy (non-hydrogen) atoms. The first-order valence-electron chi connectivity index (χ1n) is 12.9. The maximum absolute atomic E-state index is 14.6. The molecule has 2 aliphatic rings. The van der Waals surface area contributed by atoms with E-state index in [0.29, 0.717) is 32.1 Å². The molecule has 2 saturated heterocycles. The van der Waals surface area contributed by atoms with Gasteiger partial charge in [-0.2, -0.15) is 13.8 Å². The van der Waals surface area contributed by atoms with E-state index in [9.17, 15) is 13.2 Å². The van der Waals surface area contributed by atoms with Crippen molar-refractivity contribution in [2.75, 3.05) is 50.1 Å². The Labute approximate surface area is 221 Å². The number of rotatable bonds is 10. The van der Waals surface area contributed by atoms with Crippen LogP contribution in [0.5, 0.6) is 11.5 Å². The van der Waals surface area contributed by atoms with Gasteiger partial charge in [-0.15, -0.1) is 0 Å². The van der Waals surface area contributed by atoms with E-state index < -0.39 is 12.4 Å². The summed E-state index contributed by atoms with van der Waals surface area (Å²) in [5.74, 6) is -0.303. The number of aromatic nitrogens is 2. The highest BCUT2D eigenvalue weighted by Crippen LogP contribution is 2.34. The molecule has 0 atom stereocenters. The van der Waals surface area contributed by atoms with Gasteiger partial charge in [-0.25, -0.2) is 9.37 Å². The average molecular weight is 539 g/mol. The van der Waals surface area contributed by atoms with Crippen LogP contribution in [0.4, 0.5) is 30.6 Å². The third-order valence-electron chi connectivity index (χ3n) is 6.46. The highest BCUT2D eigenvalue weighted by atomic mass is 19.3. The molecule has 210 valence electrons. The Morgan fingerprint density at radius 1 is 1.13 bits per heavy atom. The van der Waals surface area contributed by atoms with Crippen LogP contribution >= 0.6 is 0 Å². The molecule has 12 heteroatoms. The number of alkyl halides is 2. The van der Waals surface area contributed by atoms with E-state index in [1.807, 2.05) is 0 Å². The van der Waals surface area contributed by atoms with E-state index in [-0.39, 0.29) is 40.4 Å². The third kappa shape index (κ3) is 8.08. The van der Waals surface area contributed by atoms with Crippen LogP contribution in [0.25, 0.3) is 0 Å². The highest BCUT2D eigenvalue weighted by molar-refractivity contribution is 5.60. The molecule has 0 bridgehead atoms. The van der Waals surface area contributed by atoms with Crippen LogP contribution in [0.3, 0.4) is 0 Å². The number of morpholine rings is 1. The molecule has 0 unspecified atom stereocenters. The number of halogens is 3. The van der Waals surface area contributed by atoms with Crippen LogP contribution in [0, 0.1) is 5.82 Å². The second-order valence-corrected chi connectivity index (χ2v) is 11.0. The average Bonchev–Trinajstić information content (AvgIpc) is 2.81. The summed E-state index contributed by atoms with van der Waals surface area (Å²) >= 11 is 0. The lowest BCUT2D eigenvalue weighted by Gasteiger charge is -2.46. The molecule has 3 heterocycles. The van der Waals surface area contributed by atoms with E-state index >= 15 is 0 Å². The lowest BCUT2D eigenvalue weighted by Crippen LogP contribution is -2.60. The van der Waals surface area contributed by atoms with Crippen LogP contribution in [0.1, 0.15) is 40.5 Å². The van der Waals surface area contributed by atoms with E-state index in [2.05, 4.69) is 58.5 Å². The lowest BCUT2D eigenvalue weighted by atomic mass is 9.79. The fraction of sp³-hybridized carbons (Fsp3) is 0.615. The normalized spacial score (nSPS) is 19.8. The van der Waals surface area contributed by atoms with Gasteiger partial charge in [0.15, 0.2) is 23.1 Å². The summed E-state index contributed by atoms with van der Waals surface area (Å²) < 4.78 is 56.6. The Hall–Kier alpha value is -2.83. The van der Waals surface area contributed by atoms with Crippen molar-refractivity contribution in [3.8, 4) is 11.5 Å². The molecule has 2 fully saturated rings. The summed E-state index contributed by atoms with van der Waals surface area (Å²) in [6.45, 7) is 9.30. The van der Waals surface area contributed by atoms with Gasteiger partial charge >= 0.3 is 6.61 Å². The number of nitrogens with zero attached hydrogens (tertiary/aromatic N) is 3. The van der Waals surface area contributed by atoms with Crippen molar-refractivity contribution in [1.82, 2.24) is 20.2 Å². The van der Waals surface area contributed by atoms with Crippen molar-refractivity contribution in [3.05, 3.63) is 30.2 Å². The first kappa shape index (κ1) is 28.2. The summed E-state index contributed by atoms with van der Waals surface area (Å²) in [4.78, 5) is 10.5. The molecule has 1 aromatic carbocycles. The topological polar surface area (TPSA) is 92.8 Å². The van der Waals surface area contributed by atoms with E-state index in [1.54, 1.807) is 12.1 Å². The first-order chi connectivity index (χ1) is 18.0. The van der Waals surface area contributed by atoms with Gasteiger partial charge in [0.1, 0.15) is 6.61 Å². The number of benzene rings is 1. The van der Waals surface area contributed by atoms with Crippen molar-refractivity contribution >= 4 is 17.5 Å². The van der Waals surface area contributed by atoms with Crippen LogP contribution in [-0.2, 0) is 4.74 Å². The van der Waals surface area contributed by atoms with Gasteiger partial charge < -0.3 is 30.2 Å². The summed E-state index contributed by atoms with van der Waals surface area (Å²) in [5, 5.41) is 9.76. The minimum Gasteiger partial charge on any atom is -0.488 e. The quantitative estimate of drug-likeness (QED) is 0.407. The largest absolute Gasteiger partial charge is 0.488 e. The molecule has 1 aromatic heterocycles. The van der Waals surface area contributed by atoms with Gasteiger partial charge in [0.2, 0.25) is 5.95 Å². The number of nitrogens with one attached hydrogen (secondary N) is 3. The molecule has 0 amide bonds. The number of piperidine rings is 1. The molecule has 2 aromatic rings. The fourth-order valence-corrected chi connectivity index (χ4v) is 5.28. The summed E-state index contributed by atoms with van der Waals surface area (Å²) in [7, 11) is 0. The molecule has 3 N–H and O–H groups in total. The zero-order valence-electron chi connectivity index (χ0n) is 22.3. The maximum atomic E-state index is 14.6. The van der Waals surface area contributed by atoms with Crippen LogP contribution in [-0.4, -0.2) is 78.1 Å². The highest BCUT2D eigenvalue weighted by Gasteiger charge is 2.38. The van der Waals surface area contributed by atoms with Crippen molar-refractivity contribution in [1.29, 1.82) is 0 Å². The lowest BCUT2D eigenvalue weighted by molar-refractivity contribution is -0.0516. The van der Waals surface area contributed by atoms with Gasteiger partial charge in [0.25, 0.3) is 0 Å². The molecule has 0 radical (unpaired) electrons. The Balaban J connectivity index is 1.43. The standard InChI is InChI=1S/C26H37F3N6O3/c1-25(2)14-18(15-26(3,4)34-25)31-22-19(27)16-30-24(33-22)32-17-5-6-20(21(13-17)38-23(28)29)37-12-9-35-7-10-36-11-8-35/h5-6,13,16,18,23,34H,7-12,14-15H2,1-4H3,(H2,30,31,32,33). The zero-order valence-corrected chi connectivity index (χ0v) is 22.3. The second kappa shape index (κ2) is 11.9. The monoisotopic (exact) mass is 538 g/mol. The molecule has 0 aliphatic carbocycles. The first-order valence-corrected chi connectivity index (χ1v) is 12.9. The zero-order chi connectivity index (χ0) is 27.3. The Bertz CT molecular complexity index is 1070. The second-order valence-electron chi connectivity index (χ2n) is 11.0. The smallest absolute Gasteiger partial charge is 0.387 e. The number of anilines is 3. The third-order valence-corrected chi connectivity index (χ3v) is 6.46. The summed E-state index contributed by atoms with van der Waals surface area (Å²) in [6, 6.07) is 4.56. The van der Waals surface area contributed by atoms with Gasteiger partial charge in [0.05, 0.1) is 19.4 Å². The van der Waals surface area contributed by atoms with Gasteiger partial charge in [-0.3, -0.25) is 4.90 Å². The fourth-order valence-electron chi connectivity index (χ4n) is 5.28. The Kier molecular flexibility index (Phi) is 8.84. The molecule has 0 spiro atoms. The van der Waals surface area contributed by atoms with Crippen LogP contribution in [0.2, 0.25) is 0 Å². The Morgan fingerprint density at radius 3 is 2.53 bits per heavy atom. The molecule has 9 nitrogen and oxygen atoms in total. The van der Waals surface area contributed by atoms with Crippen LogP contribution in [0.15, 0.2) is 24.4 Å². The number of ether oxygens (including phenoxy) is 3. The van der Waals surface area contributed by atoms with Gasteiger partial charge in [0, 0.05) is 48.5 Å². The molecule has 2 aliphatic heterocycles. The SMILES string of the molecule is CC1(C)CC(Nc2nc(Nc3ccc(OCCN4CCOCC4)c(OC(F)F)c3)ncc2F)CC(C)(C)N1. The summed E-state index contributed by atoms with van der Waals surface area (Å²) in [5.41, 5.74) is 0.136. The van der Waals surface area contributed by atoms with E-state index in [1.165, 1.54) is 6.07 Å². The molecule has 4 rings (SSSR count). The minimum absolute atomic E-state index is 0.00145. The van der Waals surface area contributed by atoms with Crippen molar-refractivity contribution < 1.29 is 27.4 Å². The number of hydrogen-bond acceptors (Lipinski definition) is 9. The van der Waals surface area contributed by atoms with Gasteiger partial charge in [-0.05, 0) is 52.7 Å². The van der Waals surface area contributed by atoms with E-state index in [0.717, 1.165) is 32.1 Å². The molecular formula is C26H37F3N6O3. The molecule has 0 saturated carbocycles. The summed E-state index contributed by atoms with van der Waals surface area (Å²) in [6.07, 6.45) is 2.64. The molecular weight excluding hydrogens is 501 g/mol. The number of hydrogen-bond donors (Lipinski definition) is 3. The maximum Gasteiger partial charge on any atom is 0.387 e. The minimum atomic E-state index is -3.02. The van der Waals surface area contributed by atoms with E-state index in [4.69, 9.17) is 14.2 Å². The van der Waals surface area contributed by atoms with Crippen molar-refractivity contribution in [3.63, 3.8) is 0 Å². The van der Waals surface area contributed by atoms with Crippen LogP contribution < -0.4 is 25.4 Å². The van der Waals surface area contributed by atoms with Crippen molar-refractivity contribution in [2.45, 2.75) is 64.3 Å². The predicted molar refractivity (Wildman–Crippen MR) is 139 cm³/mol. The predicted octanol–water partition coefficient (Wildman–Crippen LogP) is 4.39. The van der Waals surface area contributed by atoms with Crippen molar-refractivity contribution in [2.24, 2.45) is 0 Å². The van der Waals surface area contributed by atoms with Gasteiger partial charge in [-0.1, -0.05) is 0 Å².